The second-order valence-electron chi connectivity index (χ2n) is 4.08. The molecule has 0 radical (unpaired) electrons. The van der Waals surface area contributed by atoms with Crippen molar-refractivity contribution in [2.45, 2.75) is 6.61 Å². The molecule has 20 heavy (non-hydrogen) atoms. The minimum Gasteiger partial charge on any atom is -0.489 e. The summed E-state index contributed by atoms with van der Waals surface area (Å²) in [6.07, 6.45) is 0. The van der Waals surface area contributed by atoms with Crippen LogP contribution in [-0.4, -0.2) is 5.84 Å². The first-order valence-electron chi connectivity index (χ1n) is 5.68. The normalized spacial score (nSPS) is 10.3. The van der Waals surface area contributed by atoms with Crippen LogP contribution in [0.5, 0.6) is 5.75 Å². The molecule has 3 nitrogen and oxygen atoms in total. The van der Waals surface area contributed by atoms with Crippen LogP contribution >= 0.6 is 11.6 Å². The van der Waals surface area contributed by atoms with Gasteiger partial charge in [-0.2, -0.15) is 0 Å². The van der Waals surface area contributed by atoms with E-state index in [0.717, 1.165) is 12.1 Å². The topological polar surface area (TPSA) is 59.1 Å². The molecule has 0 amide bonds. The second kappa shape index (κ2) is 5.88. The SMILES string of the molecule is N=C(N)c1ccc(COc2ccc(F)c(F)c2)c(Cl)c1. The predicted molar refractivity (Wildman–Crippen MR) is 73.2 cm³/mol. The summed E-state index contributed by atoms with van der Waals surface area (Å²) in [6, 6.07) is 8.14. The largest absolute Gasteiger partial charge is 0.489 e. The zero-order chi connectivity index (χ0) is 14.7. The third-order valence-corrected chi connectivity index (χ3v) is 3.00. The van der Waals surface area contributed by atoms with E-state index >= 15 is 0 Å². The smallest absolute Gasteiger partial charge is 0.162 e. The van der Waals surface area contributed by atoms with E-state index in [1.807, 2.05) is 0 Å². The average molecular weight is 297 g/mol. The molecule has 0 unspecified atom stereocenters. The lowest BCUT2D eigenvalue weighted by atomic mass is 10.1. The summed E-state index contributed by atoms with van der Waals surface area (Å²) < 4.78 is 31.1. The Morgan fingerprint density at radius 2 is 1.90 bits per heavy atom. The summed E-state index contributed by atoms with van der Waals surface area (Å²) in [5.74, 6) is -1.78. The summed E-state index contributed by atoms with van der Waals surface area (Å²) in [6.45, 7) is 0.0993. The Bertz CT molecular complexity index is 662. The molecule has 0 spiro atoms. The van der Waals surface area contributed by atoms with Gasteiger partial charge in [-0.1, -0.05) is 23.7 Å². The van der Waals surface area contributed by atoms with Gasteiger partial charge in [0.05, 0.1) is 0 Å². The molecule has 2 rings (SSSR count). The van der Waals surface area contributed by atoms with Gasteiger partial charge in [0.15, 0.2) is 11.6 Å². The number of benzene rings is 2. The number of nitrogens with two attached hydrogens (primary N) is 1. The molecule has 0 aliphatic heterocycles. The van der Waals surface area contributed by atoms with Gasteiger partial charge in [0.2, 0.25) is 0 Å². The first-order valence-corrected chi connectivity index (χ1v) is 6.06. The summed E-state index contributed by atoms with van der Waals surface area (Å²) in [4.78, 5) is 0. The average Bonchev–Trinajstić information content (AvgIpc) is 2.41. The van der Waals surface area contributed by atoms with Crippen LogP contribution < -0.4 is 10.5 Å². The van der Waals surface area contributed by atoms with Crippen LogP contribution in [0.1, 0.15) is 11.1 Å². The molecule has 6 heteroatoms. The van der Waals surface area contributed by atoms with Crippen molar-refractivity contribution >= 4 is 17.4 Å². The monoisotopic (exact) mass is 296 g/mol. The van der Waals surface area contributed by atoms with Gasteiger partial charge >= 0.3 is 0 Å². The molecule has 0 heterocycles. The van der Waals surface area contributed by atoms with Crippen molar-refractivity contribution in [3.8, 4) is 5.75 Å². The molecule has 2 aromatic rings. The molecule has 0 saturated carbocycles. The summed E-state index contributed by atoms with van der Waals surface area (Å²) in [5, 5.41) is 7.68. The summed E-state index contributed by atoms with van der Waals surface area (Å²) in [7, 11) is 0. The Labute approximate surface area is 119 Å². The Kier molecular flexibility index (Phi) is 4.20. The van der Waals surface area contributed by atoms with Crippen molar-refractivity contribution in [1.29, 1.82) is 5.41 Å². The van der Waals surface area contributed by atoms with Gasteiger partial charge in [0.1, 0.15) is 18.2 Å². The number of nitrogen functional groups attached to an aromatic ring is 1. The highest BCUT2D eigenvalue weighted by Crippen LogP contribution is 2.21. The number of ether oxygens (including phenoxy) is 1. The Hall–Kier alpha value is -2.14. The van der Waals surface area contributed by atoms with Crippen LogP contribution in [0.25, 0.3) is 0 Å². The standard InChI is InChI=1S/C14H11ClF2N2O/c15-11-5-8(14(18)19)1-2-9(11)7-20-10-3-4-12(16)13(17)6-10/h1-6H,7H2,(H3,18,19). The molecule has 0 aliphatic carbocycles. The molecule has 0 atom stereocenters. The van der Waals surface area contributed by atoms with Crippen LogP contribution in [0.15, 0.2) is 36.4 Å². The van der Waals surface area contributed by atoms with Crippen molar-refractivity contribution < 1.29 is 13.5 Å². The van der Waals surface area contributed by atoms with E-state index in [0.29, 0.717) is 16.1 Å². The van der Waals surface area contributed by atoms with Crippen LogP contribution in [0.2, 0.25) is 5.02 Å². The molecule has 0 fully saturated rings. The number of halogens is 3. The van der Waals surface area contributed by atoms with Gasteiger partial charge in [-0.05, 0) is 18.2 Å². The minimum atomic E-state index is -0.972. The lowest BCUT2D eigenvalue weighted by molar-refractivity contribution is 0.303. The summed E-state index contributed by atoms with van der Waals surface area (Å²) in [5.41, 5.74) is 6.50. The zero-order valence-corrected chi connectivity index (χ0v) is 11.0. The predicted octanol–water partition coefficient (Wildman–Crippen LogP) is 3.48. The van der Waals surface area contributed by atoms with Gasteiger partial charge in [-0.3, -0.25) is 5.41 Å². The van der Waals surface area contributed by atoms with Crippen LogP contribution in [-0.2, 0) is 6.61 Å². The van der Waals surface area contributed by atoms with Gasteiger partial charge in [0, 0.05) is 22.2 Å². The molecule has 2 aromatic carbocycles. The molecule has 0 bridgehead atoms. The van der Waals surface area contributed by atoms with Crippen molar-refractivity contribution in [2.75, 3.05) is 0 Å². The fraction of sp³-hybridized carbons (Fsp3) is 0.0714. The summed E-state index contributed by atoms with van der Waals surface area (Å²) >= 11 is 6.03. The maximum Gasteiger partial charge on any atom is 0.162 e. The van der Waals surface area contributed by atoms with Crippen molar-refractivity contribution in [3.05, 3.63) is 64.2 Å². The third kappa shape index (κ3) is 3.24. The molecule has 0 saturated heterocycles. The first-order chi connectivity index (χ1) is 9.47. The van der Waals surface area contributed by atoms with Gasteiger partial charge in [-0.25, -0.2) is 8.78 Å². The fourth-order valence-corrected chi connectivity index (χ4v) is 1.79. The maximum atomic E-state index is 13.0. The highest BCUT2D eigenvalue weighted by molar-refractivity contribution is 6.31. The Balaban J connectivity index is 2.10. The molecule has 104 valence electrons. The van der Waals surface area contributed by atoms with E-state index in [9.17, 15) is 8.78 Å². The number of rotatable bonds is 4. The van der Waals surface area contributed by atoms with Crippen LogP contribution in [0.4, 0.5) is 8.78 Å². The van der Waals surface area contributed by atoms with Crippen LogP contribution in [0.3, 0.4) is 0 Å². The van der Waals surface area contributed by atoms with Gasteiger partial charge in [0.25, 0.3) is 0 Å². The number of hydrogen-bond acceptors (Lipinski definition) is 2. The fourth-order valence-electron chi connectivity index (χ4n) is 1.56. The molecule has 0 aromatic heterocycles. The highest BCUT2D eigenvalue weighted by atomic mass is 35.5. The van der Waals surface area contributed by atoms with Crippen molar-refractivity contribution in [1.82, 2.24) is 0 Å². The van der Waals surface area contributed by atoms with E-state index < -0.39 is 11.6 Å². The lowest BCUT2D eigenvalue weighted by Gasteiger charge is -2.09. The van der Waals surface area contributed by atoms with E-state index in [1.165, 1.54) is 6.07 Å². The van der Waals surface area contributed by atoms with Gasteiger partial charge < -0.3 is 10.5 Å². The van der Waals surface area contributed by atoms with E-state index in [-0.39, 0.29) is 18.2 Å². The van der Waals surface area contributed by atoms with E-state index in [1.54, 1.807) is 18.2 Å². The molecule has 0 aliphatic rings. The Morgan fingerprint density at radius 1 is 1.15 bits per heavy atom. The number of amidine groups is 1. The Morgan fingerprint density at radius 3 is 2.50 bits per heavy atom. The van der Waals surface area contributed by atoms with Crippen molar-refractivity contribution in [3.63, 3.8) is 0 Å². The molecular formula is C14H11ClF2N2O. The van der Waals surface area contributed by atoms with Crippen LogP contribution in [0, 0.1) is 17.0 Å². The highest BCUT2D eigenvalue weighted by Gasteiger charge is 2.07. The minimum absolute atomic E-state index is 0.0834. The number of hydrogen-bond donors (Lipinski definition) is 2. The number of nitrogens with one attached hydrogen (secondary N) is 1. The quantitative estimate of drug-likeness (QED) is 0.670. The zero-order valence-electron chi connectivity index (χ0n) is 10.3. The van der Waals surface area contributed by atoms with Crippen molar-refractivity contribution in [2.24, 2.45) is 5.73 Å². The molecular weight excluding hydrogens is 286 g/mol. The lowest BCUT2D eigenvalue weighted by Crippen LogP contribution is -2.11. The van der Waals surface area contributed by atoms with Gasteiger partial charge in [-0.15, -0.1) is 0 Å². The van der Waals surface area contributed by atoms with E-state index in [4.69, 9.17) is 27.5 Å². The molecule has 3 N–H and O–H groups in total. The first kappa shape index (κ1) is 14.3. The maximum absolute atomic E-state index is 13.0. The third-order valence-electron chi connectivity index (χ3n) is 2.65. The second-order valence-corrected chi connectivity index (χ2v) is 4.49. The van der Waals surface area contributed by atoms with E-state index in [2.05, 4.69) is 0 Å².